The van der Waals surface area contributed by atoms with Gasteiger partial charge >= 0.3 is 0 Å². The second kappa shape index (κ2) is 6.13. The lowest BCUT2D eigenvalue weighted by Crippen LogP contribution is -1.87. The third-order valence-corrected chi connectivity index (χ3v) is 3.64. The minimum absolute atomic E-state index is 0.323. The molecule has 3 aromatic rings. The fourth-order valence-corrected chi connectivity index (χ4v) is 2.39. The van der Waals surface area contributed by atoms with Crippen molar-refractivity contribution in [3.05, 3.63) is 83.7 Å². The van der Waals surface area contributed by atoms with Gasteiger partial charge in [0.05, 0.1) is 23.3 Å². The first-order valence-electron chi connectivity index (χ1n) is 7.02. The average Bonchev–Trinajstić information content (AvgIpc) is 2.62. The summed E-state index contributed by atoms with van der Waals surface area (Å²) >= 11 is 0. The van der Waals surface area contributed by atoms with Gasteiger partial charge in [0, 0.05) is 5.56 Å². The maximum absolute atomic E-state index is 14.4. The Kier molecular flexibility index (Phi) is 3.87. The van der Waals surface area contributed by atoms with Crippen LogP contribution in [-0.2, 0) is 0 Å². The molecule has 0 saturated heterocycles. The highest BCUT2D eigenvalue weighted by Gasteiger charge is 2.07. The summed E-state index contributed by atoms with van der Waals surface area (Å²) in [6, 6.07) is 23.0. The van der Waals surface area contributed by atoms with Crippen molar-refractivity contribution in [3.63, 3.8) is 0 Å². The van der Waals surface area contributed by atoms with Crippen LogP contribution in [0.5, 0.6) is 0 Å². The van der Waals surface area contributed by atoms with Crippen molar-refractivity contribution in [2.24, 2.45) is 0 Å². The highest BCUT2D eigenvalue weighted by atomic mass is 19.1. The molecule has 108 valence electrons. The average molecular weight is 298 g/mol. The number of rotatable bonds is 2. The lowest BCUT2D eigenvalue weighted by molar-refractivity contribution is 0.632. The third-order valence-electron chi connectivity index (χ3n) is 3.64. The number of nitriles is 2. The van der Waals surface area contributed by atoms with Crippen LogP contribution in [-0.4, -0.2) is 0 Å². The van der Waals surface area contributed by atoms with Gasteiger partial charge in [0.1, 0.15) is 5.82 Å². The van der Waals surface area contributed by atoms with Crippen molar-refractivity contribution < 1.29 is 4.39 Å². The molecule has 0 heterocycles. The van der Waals surface area contributed by atoms with Gasteiger partial charge in [0.2, 0.25) is 0 Å². The largest absolute Gasteiger partial charge is 0.206 e. The first-order chi connectivity index (χ1) is 11.2. The maximum Gasteiger partial charge on any atom is 0.131 e. The van der Waals surface area contributed by atoms with Gasteiger partial charge in [0.15, 0.2) is 0 Å². The number of hydrogen-bond acceptors (Lipinski definition) is 2. The van der Waals surface area contributed by atoms with E-state index in [-0.39, 0.29) is 5.82 Å². The van der Waals surface area contributed by atoms with E-state index >= 15 is 0 Å². The molecule has 0 aromatic heterocycles. The molecule has 0 bridgehead atoms. The van der Waals surface area contributed by atoms with Crippen LogP contribution in [0.15, 0.2) is 66.7 Å². The summed E-state index contributed by atoms with van der Waals surface area (Å²) in [6.45, 7) is 0. The highest BCUT2D eigenvalue weighted by molar-refractivity contribution is 5.71. The van der Waals surface area contributed by atoms with Gasteiger partial charge in [-0.3, -0.25) is 0 Å². The first-order valence-corrected chi connectivity index (χ1v) is 7.02. The molecule has 3 aromatic carbocycles. The molecule has 0 atom stereocenters. The van der Waals surface area contributed by atoms with Crippen LogP contribution in [0, 0.1) is 28.5 Å². The number of hydrogen-bond donors (Lipinski definition) is 0. The smallest absolute Gasteiger partial charge is 0.131 e. The van der Waals surface area contributed by atoms with Crippen LogP contribution in [0.4, 0.5) is 4.39 Å². The minimum Gasteiger partial charge on any atom is -0.206 e. The second-order valence-electron chi connectivity index (χ2n) is 5.07. The Morgan fingerprint density at radius 1 is 0.609 bits per heavy atom. The highest BCUT2D eigenvalue weighted by Crippen LogP contribution is 2.28. The molecule has 0 saturated carbocycles. The zero-order valence-corrected chi connectivity index (χ0v) is 12.1. The van der Waals surface area contributed by atoms with Gasteiger partial charge in [-0.2, -0.15) is 10.5 Å². The molecule has 0 N–H and O–H groups in total. The van der Waals surface area contributed by atoms with E-state index in [1.54, 1.807) is 54.6 Å². The minimum atomic E-state index is -0.323. The zero-order valence-electron chi connectivity index (χ0n) is 12.1. The molecule has 0 aliphatic rings. The van der Waals surface area contributed by atoms with E-state index in [0.29, 0.717) is 16.7 Å². The molecule has 0 unspecified atom stereocenters. The summed E-state index contributed by atoms with van der Waals surface area (Å²) in [5, 5.41) is 17.6. The van der Waals surface area contributed by atoms with E-state index in [4.69, 9.17) is 10.5 Å². The van der Waals surface area contributed by atoms with Gasteiger partial charge in [-0.1, -0.05) is 36.4 Å². The van der Waals surface area contributed by atoms with Crippen molar-refractivity contribution >= 4 is 0 Å². The Hall–Kier alpha value is -3.43. The van der Waals surface area contributed by atoms with Gasteiger partial charge in [-0.15, -0.1) is 0 Å². The van der Waals surface area contributed by atoms with E-state index in [0.717, 1.165) is 16.7 Å². The van der Waals surface area contributed by atoms with E-state index in [2.05, 4.69) is 6.07 Å². The number of halogens is 1. The number of benzene rings is 3. The Morgan fingerprint density at radius 3 is 1.57 bits per heavy atom. The third kappa shape index (κ3) is 2.95. The summed E-state index contributed by atoms with van der Waals surface area (Å²) < 4.78 is 14.4. The lowest BCUT2D eigenvalue weighted by Gasteiger charge is -2.07. The summed E-state index contributed by atoms with van der Waals surface area (Å²) in [4.78, 5) is 0. The SMILES string of the molecule is N#Cc1ccc(-c2ccc(-c3ccc(C#N)cc3)c(F)c2)cc1. The molecule has 3 heteroatoms. The van der Waals surface area contributed by atoms with Crippen molar-refractivity contribution in [1.29, 1.82) is 10.5 Å². The predicted octanol–water partition coefficient (Wildman–Crippen LogP) is 4.90. The van der Waals surface area contributed by atoms with Crippen molar-refractivity contribution in [1.82, 2.24) is 0 Å². The molecule has 2 nitrogen and oxygen atoms in total. The normalized spacial score (nSPS) is 9.87. The van der Waals surface area contributed by atoms with E-state index in [1.807, 2.05) is 12.1 Å². The van der Waals surface area contributed by atoms with Gasteiger partial charge in [-0.05, 0) is 47.0 Å². The summed E-state index contributed by atoms with van der Waals surface area (Å²) in [5.41, 5.74) is 3.95. The summed E-state index contributed by atoms with van der Waals surface area (Å²) in [5.74, 6) is -0.323. The van der Waals surface area contributed by atoms with E-state index in [1.165, 1.54) is 6.07 Å². The van der Waals surface area contributed by atoms with Crippen molar-refractivity contribution in [3.8, 4) is 34.4 Å². The summed E-state index contributed by atoms with van der Waals surface area (Å²) in [6.07, 6.45) is 0. The van der Waals surface area contributed by atoms with E-state index in [9.17, 15) is 4.39 Å². The van der Waals surface area contributed by atoms with Crippen LogP contribution in [0.1, 0.15) is 11.1 Å². The van der Waals surface area contributed by atoms with Crippen molar-refractivity contribution in [2.75, 3.05) is 0 Å². The Morgan fingerprint density at radius 2 is 1.09 bits per heavy atom. The molecular weight excluding hydrogens is 287 g/mol. The van der Waals surface area contributed by atoms with E-state index < -0.39 is 0 Å². The molecule has 0 aliphatic heterocycles. The van der Waals surface area contributed by atoms with Gasteiger partial charge in [-0.25, -0.2) is 4.39 Å². The van der Waals surface area contributed by atoms with Crippen LogP contribution in [0.2, 0.25) is 0 Å². The fourth-order valence-electron chi connectivity index (χ4n) is 2.39. The van der Waals surface area contributed by atoms with Crippen LogP contribution in [0.25, 0.3) is 22.3 Å². The molecule has 0 fully saturated rings. The second-order valence-corrected chi connectivity index (χ2v) is 5.07. The lowest BCUT2D eigenvalue weighted by atomic mass is 9.98. The Bertz CT molecular complexity index is 927. The van der Waals surface area contributed by atoms with Gasteiger partial charge in [0.25, 0.3) is 0 Å². The summed E-state index contributed by atoms with van der Waals surface area (Å²) in [7, 11) is 0. The monoisotopic (exact) mass is 298 g/mol. The maximum atomic E-state index is 14.4. The number of nitrogens with zero attached hydrogens (tertiary/aromatic N) is 2. The molecule has 0 radical (unpaired) electrons. The van der Waals surface area contributed by atoms with Crippen molar-refractivity contribution in [2.45, 2.75) is 0 Å². The molecule has 3 rings (SSSR count). The molecular formula is C20H11FN2. The zero-order chi connectivity index (χ0) is 16.2. The molecule has 0 aliphatic carbocycles. The Labute approximate surface area is 133 Å². The van der Waals surface area contributed by atoms with Crippen LogP contribution >= 0.6 is 0 Å². The first kappa shape index (κ1) is 14.5. The predicted molar refractivity (Wildman–Crippen MR) is 86.7 cm³/mol. The van der Waals surface area contributed by atoms with Gasteiger partial charge < -0.3 is 0 Å². The topological polar surface area (TPSA) is 47.6 Å². The molecule has 23 heavy (non-hydrogen) atoms. The standard InChI is InChI=1S/C20H11FN2/c21-20-11-18(16-5-1-14(12-22)2-6-16)9-10-19(20)17-7-3-15(13-23)4-8-17/h1-11H. The molecule has 0 spiro atoms. The quantitative estimate of drug-likeness (QED) is 0.675. The fraction of sp³-hybridized carbons (Fsp3) is 0. The van der Waals surface area contributed by atoms with Crippen LogP contribution in [0.3, 0.4) is 0 Å². The van der Waals surface area contributed by atoms with Crippen LogP contribution < -0.4 is 0 Å². The Balaban J connectivity index is 1.96. The molecule has 0 amide bonds.